The molecule has 2 rings (SSSR count). The van der Waals surface area contributed by atoms with Gasteiger partial charge in [-0.1, -0.05) is 32.0 Å². The Morgan fingerprint density at radius 3 is 2.52 bits per heavy atom. The summed E-state index contributed by atoms with van der Waals surface area (Å²) in [5.41, 5.74) is 6.25. The average molecular weight is 285 g/mol. The third-order valence-corrected chi connectivity index (χ3v) is 4.13. The van der Waals surface area contributed by atoms with Crippen LogP contribution in [0.2, 0.25) is 0 Å². The van der Waals surface area contributed by atoms with E-state index in [1.807, 2.05) is 0 Å². The maximum atomic E-state index is 4.76. The van der Waals surface area contributed by atoms with Crippen molar-refractivity contribution in [2.24, 2.45) is 0 Å². The minimum absolute atomic E-state index is 0.329. The number of rotatable bonds is 6. The molecule has 0 radical (unpaired) electrons. The van der Waals surface area contributed by atoms with Crippen LogP contribution in [-0.2, 0) is 6.42 Å². The second-order valence-corrected chi connectivity index (χ2v) is 5.65. The molecule has 0 aliphatic rings. The molecular formula is C18H27N3. The maximum absolute atomic E-state index is 4.76. The van der Waals surface area contributed by atoms with Gasteiger partial charge in [0.05, 0.1) is 11.4 Å². The van der Waals surface area contributed by atoms with Crippen LogP contribution < -0.4 is 5.32 Å². The quantitative estimate of drug-likeness (QED) is 0.865. The van der Waals surface area contributed by atoms with Crippen molar-refractivity contribution in [3.63, 3.8) is 0 Å². The molecule has 1 heterocycles. The highest BCUT2D eigenvalue weighted by atomic mass is 15.3. The topological polar surface area (TPSA) is 29.9 Å². The zero-order valence-electron chi connectivity index (χ0n) is 13.9. The van der Waals surface area contributed by atoms with Crippen LogP contribution in [0, 0.1) is 13.8 Å². The van der Waals surface area contributed by atoms with Crippen molar-refractivity contribution >= 4 is 0 Å². The van der Waals surface area contributed by atoms with E-state index in [4.69, 9.17) is 5.10 Å². The third kappa shape index (κ3) is 3.18. The molecule has 1 aromatic heterocycles. The summed E-state index contributed by atoms with van der Waals surface area (Å²) >= 11 is 0. The molecule has 2 aromatic rings. The van der Waals surface area contributed by atoms with Crippen molar-refractivity contribution in [3.8, 4) is 5.69 Å². The standard InChI is InChI=1S/C18H27N3/c1-6-12-19-13(3)17-10-8-9-11-18(17)21-15(5)16(7-2)14(4)20-21/h8-11,13,19H,6-7,12H2,1-5H3. The zero-order chi connectivity index (χ0) is 15.4. The van der Waals surface area contributed by atoms with Crippen LogP contribution in [-0.4, -0.2) is 16.3 Å². The largest absolute Gasteiger partial charge is 0.310 e. The Morgan fingerprint density at radius 1 is 1.19 bits per heavy atom. The lowest BCUT2D eigenvalue weighted by Gasteiger charge is -2.18. The lowest BCUT2D eigenvalue weighted by Crippen LogP contribution is -2.21. The molecule has 0 amide bonds. The second kappa shape index (κ2) is 6.90. The van der Waals surface area contributed by atoms with E-state index < -0.39 is 0 Å². The van der Waals surface area contributed by atoms with E-state index in [0.717, 1.165) is 25.1 Å². The van der Waals surface area contributed by atoms with Gasteiger partial charge in [0.2, 0.25) is 0 Å². The first kappa shape index (κ1) is 15.8. The second-order valence-electron chi connectivity index (χ2n) is 5.65. The predicted molar refractivity (Wildman–Crippen MR) is 89.1 cm³/mol. The number of hydrogen-bond acceptors (Lipinski definition) is 2. The minimum atomic E-state index is 0.329. The van der Waals surface area contributed by atoms with Crippen molar-refractivity contribution in [1.82, 2.24) is 15.1 Å². The van der Waals surface area contributed by atoms with Gasteiger partial charge in [0.15, 0.2) is 0 Å². The van der Waals surface area contributed by atoms with Gasteiger partial charge in [-0.25, -0.2) is 4.68 Å². The molecule has 1 N–H and O–H groups in total. The average Bonchev–Trinajstić information content (AvgIpc) is 2.79. The molecule has 114 valence electrons. The minimum Gasteiger partial charge on any atom is -0.310 e. The van der Waals surface area contributed by atoms with Gasteiger partial charge in [-0.05, 0) is 57.4 Å². The fourth-order valence-electron chi connectivity index (χ4n) is 2.94. The molecule has 1 atom stereocenters. The van der Waals surface area contributed by atoms with Crippen LogP contribution in [0.25, 0.3) is 5.69 Å². The van der Waals surface area contributed by atoms with Crippen LogP contribution >= 0.6 is 0 Å². The van der Waals surface area contributed by atoms with Gasteiger partial charge in [0.25, 0.3) is 0 Å². The fraction of sp³-hybridized carbons (Fsp3) is 0.500. The summed E-state index contributed by atoms with van der Waals surface area (Å²) in [4.78, 5) is 0. The first-order valence-corrected chi connectivity index (χ1v) is 7.97. The molecule has 1 unspecified atom stereocenters. The summed E-state index contributed by atoms with van der Waals surface area (Å²) in [5, 5.41) is 8.34. The first-order valence-electron chi connectivity index (χ1n) is 7.97. The fourth-order valence-corrected chi connectivity index (χ4v) is 2.94. The first-order chi connectivity index (χ1) is 10.1. The van der Waals surface area contributed by atoms with E-state index in [2.05, 4.69) is 68.9 Å². The summed E-state index contributed by atoms with van der Waals surface area (Å²) in [6.07, 6.45) is 2.18. The lowest BCUT2D eigenvalue weighted by molar-refractivity contribution is 0.566. The smallest absolute Gasteiger partial charge is 0.0696 e. The summed E-state index contributed by atoms with van der Waals surface area (Å²) < 4.78 is 2.10. The molecule has 3 nitrogen and oxygen atoms in total. The number of benzene rings is 1. The highest BCUT2D eigenvalue weighted by molar-refractivity contribution is 5.45. The molecule has 0 bridgehead atoms. The molecule has 0 aliphatic heterocycles. The van der Waals surface area contributed by atoms with Crippen molar-refractivity contribution in [3.05, 3.63) is 46.8 Å². The number of nitrogens with zero attached hydrogens (tertiary/aromatic N) is 2. The molecule has 1 aromatic carbocycles. The molecule has 0 fully saturated rings. The lowest BCUT2D eigenvalue weighted by atomic mass is 10.1. The Balaban J connectivity index is 2.45. The SMILES string of the molecule is CCCNC(C)c1ccccc1-n1nc(C)c(CC)c1C. The van der Waals surface area contributed by atoms with E-state index in [-0.39, 0.29) is 0 Å². The van der Waals surface area contributed by atoms with Gasteiger partial charge in [-0.2, -0.15) is 5.10 Å². The van der Waals surface area contributed by atoms with E-state index in [1.165, 1.54) is 22.5 Å². The van der Waals surface area contributed by atoms with Gasteiger partial charge >= 0.3 is 0 Å². The van der Waals surface area contributed by atoms with Gasteiger partial charge in [-0.15, -0.1) is 0 Å². The van der Waals surface area contributed by atoms with Crippen LogP contribution in [0.5, 0.6) is 0 Å². The van der Waals surface area contributed by atoms with E-state index in [0.29, 0.717) is 6.04 Å². The molecular weight excluding hydrogens is 258 g/mol. The molecule has 0 saturated heterocycles. The van der Waals surface area contributed by atoms with E-state index in [1.54, 1.807) is 0 Å². The third-order valence-electron chi connectivity index (χ3n) is 4.13. The van der Waals surface area contributed by atoms with Gasteiger partial charge in [0, 0.05) is 11.7 Å². The van der Waals surface area contributed by atoms with Crippen LogP contribution in [0.4, 0.5) is 0 Å². The highest BCUT2D eigenvalue weighted by Gasteiger charge is 2.16. The Bertz CT molecular complexity index is 599. The van der Waals surface area contributed by atoms with Crippen LogP contribution in [0.1, 0.15) is 55.7 Å². The van der Waals surface area contributed by atoms with Crippen molar-refractivity contribution in [2.45, 2.75) is 53.5 Å². The molecule has 0 aliphatic carbocycles. The number of aromatic nitrogens is 2. The molecule has 0 saturated carbocycles. The normalized spacial score (nSPS) is 12.6. The Kier molecular flexibility index (Phi) is 5.18. The summed E-state index contributed by atoms with van der Waals surface area (Å²) in [5.74, 6) is 0. The van der Waals surface area contributed by atoms with Crippen LogP contribution in [0.3, 0.4) is 0 Å². The Labute approximate surface area is 128 Å². The molecule has 21 heavy (non-hydrogen) atoms. The number of aryl methyl sites for hydroxylation is 1. The van der Waals surface area contributed by atoms with Gasteiger partial charge < -0.3 is 5.32 Å². The number of para-hydroxylation sites is 1. The van der Waals surface area contributed by atoms with Gasteiger partial charge in [0.1, 0.15) is 0 Å². The Hall–Kier alpha value is -1.61. The van der Waals surface area contributed by atoms with Crippen molar-refractivity contribution in [1.29, 1.82) is 0 Å². The van der Waals surface area contributed by atoms with E-state index in [9.17, 15) is 0 Å². The van der Waals surface area contributed by atoms with E-state index >= 15 is 0 Å². The monoisotopic (exact) mass is 285 g/mol. The van der Waals surface area contributed by atoms with Gasteiger partial charge in [-0.3, -0.25) is 0 Å². The molecule has 3 heteroatoms. The van der Waals surface area contributed by atoms with Crippen molar-refractivity contribution < 1.29 is 0 Å². The predicted octanol–water partition coefficient (Wildman–Crippen LogP) is 4.11. The zero-order valence-corrected chi connectivity index (χ0v) is 13.9. The number of nitrogens with one attached hydrogen (secondary N) is 1. The Morgan fingerprint density at radius 2 is 1.90 bits per heavy atom. The summed E-state index contributed by atoms with van der Waals surface area (Å²) in [6, 6.07) is 8.89. The van der Waals surface area contributed by atoms with Crippen LogP contribution in [0.15, 0.2) is 24.3 Å². The summed E-state index contributed by atoms with van der Waals surface area (Å²) in [6.45, 7) is 11.9. The number of hydrogen-bond donors (Lipinski definition) is 1. The maximum Gasteiger partial charge on any atom is 0.0696 e. The summed E-state index contributed by atoms with van der Waals surface area (Å²) in [7, 11) is 0. The molecule has 0 spiro atoms. The van der Waals surface area contributed by atoms with Crippen molar-refractivity contribution in [2.75, 3.05) is 6.54 Å². The highest BCUT2D eigenvalue weighted by Crippen LogP contribution is 2.25.